The lowest BCUT2D eigenvalue weighted by atomic mass is 9.69. The number of carbonyl (C=O) groups excluding carboxylic acids is 2. The molecule has 0 saturated heterocycles. The first-order valence-electron chi connectivity index (χ1n) is 5.74. The van der Waals surface area contributed by atoms with E-state index in [0.717, 1.165) is 19.3 Å². The Morgan fingerprint density at radius 3 is 2.62 bits per heavy atom. The topological polar surface area (TPSA) is 43.4 Å². The molecule has 0 saturated carbocycles. The van der Waals surface area contributed by atoms with Crippen LogP contribution in [-0.2, 0) is 14.3 Å². The molecular weight excluding hydrogens is 204 g/mol. The first-order chi connectivity index (χ1) is 7.50. The van der Waals surface area contributed by atoms with Crippen molar-refractivity contribution < 1.29 is 14.3 Å². The second-order valence-electron chi connectivity index (χ2n) is 4.67. The molecule has 1 aliphatic rings. The molecule has 0 N–H and O–H groups in total. The van der Waals surface area contributed by atoms with Crippen LogP contribution in [0.3, 0.4) is 0 Å². The Hall–Kier alpha value is -1.12. The first kappa shape index (κ1) is 12.9. The molecule has 1 aliphatic carbocycles. The molecule has 1 atom stereocenters. The maximum absolute atomic E-state index is 11.7. The van der Waals surface area contributed by atoms with Crippen LogP contribution in [0, 0.1) is 5.41 Å². The Morgan fingerprint density at radius 1 is 1.50 bits per heavy atom. The van der Waals surface area contributed by atoms with E-state index >= 15 is 0 Å². The molecule has 0 heterocycles. The zero-order valence-electron chi connectivity index (χ0n) is 10.3. The average molecular weight is 224 g/mol. The number of allylic oxidation sites excluding steroid dienone is 2. The molecule has 90 valence electrons. The van der Waals surface area contributed by atoms with Crippen molar-refractivity contribution in [1.82, 2.24) is 0 Å². The summed E-state index contributed by atoms with van der Waals surface area (Å²) in [5.41, 5.74) is 1.02. The molecule has 16 heavy (non-hydrogen) atoms. The van der Waals surface area contributed by atoms with Crippen LogP contribution in [0.25, 0.3) is 0 Å². The largest absolute Gasteiger partial charge is 0.469 e. The van der Waals surface area contributed by atoms with E-state index in [-0.39, 0.29) is 17.2 Å². The van der Waals surface area contributed by atoms with E-state index in [9.17, 15) is 9.59 Å². The van der Waals surface area contributed by atoms with Gasteiger partial charge >= 0.3 is 5.97 Å². The fourth-order valence-corrected chi connectivity index (χ4v) is 2.18. The quantitative estimate of drug-likeness (QED) is 0.544. The fraction of sp³-hybridized carbons (Fsp3) is 0.692. The number of hydrogen-bond donors (Lipinski definition) is 0. The molecular formula is C13H20O3. The first-order valence-corrected chi connectivity index (χ1v) is 5.74. The SMILES string of the molecule is COC(=O)CCC1(C(C)=O)CC=C(C)CC1. The summed E-state index contributed by atoms with van der Waals surface area (Å²) < 4.78 is 4.62. The summed E-state index contributed by atoms with van der Waals surface area (Å²) in [6, 6.07) is 0. The van der Waals surface area contributed by atoms with Gasteiger partial charge in [0.15, 0.2) is 0 Å². The Labute approximate surface area is 96.9 Å². The van der Waals surface area contributed by atoms with E-state index < -0.39 is 0 Å². The van der Waals surface area contributed by atoms with Crippen LogP contribution in [-0.4, -0.2) is 18.9 Å². The maximum Gasteiger partial charge on any atom is 0.305 e. The van der Waals surface area contributed by atoms with Crippen LogP contribution < -0.4 is 0 Å². The van der Waals surface area contributed by atoms with Crippen molar-refractivity contribution in [3.63, 3.8) is 0 Å². The van der Waals surface area contributed by atoms with Crippen molar-refractivity contribution in [2.45, 2.75) is 46.0 Å². The molecule has 0 spiro atoms. The van der Waals surface area contributed by atoms with Crippen LogP contribution >= 0.6 is 0 Å². The minimum absolute atomic E-state index is 0.195. The highest BCUT2D eigenvalue weighted by molar-refractivity contribution is 5.83. The molecule has 0 radical (unpaired) electrons. The minimum atomic E-state index is -0.326. The van der Waals surface area contributed by atoms with E-state index in [4.69, 9.17) is 0 Å². The number of hydrogen-bond acceptors (Lipinski definition) is 3. The van der Waals surface area contributed by atoms with Gasteiger partial charge in [0.05, 0.1) is 7.11 Å². The fourth-order valence-electron chi connectivity index (χ4n) is 2.18. The monoisotopic (exact) mass is 224 g/mol. The second kappa shape index (κ2) is 5.28. The van der Waals surface area contributed by atoms with Gasteiger partial charge in [-0.05, 0) is 39.5 Å². The molecule has 0 amide bonds. The number of esters is 1. The lowest BCUT2D eigenvalue weighted by molar-refractivity contribution is -0.141. The lowest BCUT2D eigenvalue weighted by Gasteiger charge is -2.33. The predicted molar refractivity (Wildman–Crippen MR) is 62.0 cm³/mol. The third-order valence-electron chi connectivity index (χ3n) is 3.62. The number of carbonyl (C=O) groups is 2. The van der Waals surface area contributed by atoms with Crippen molar-refractivity contribution in [2.75, 3.05) is 7.11 Å². The van der Waals surface area contributed by atoms with E-state index in [1.54, 1.807) is 6.92 Å². The number of rotatable bonds is 4. The van der Waals surface area contributed by atoms with Crippen LogP contribution in [0.4, 0.5) is 0 Å². The van der Waals surface area contributed by atoms with Gasteiger partial charge in [-0.3, -0.25) is 9.59 Å². The molecule has 0 aromatic heterocycles. The second-order valence-corrected chi connectivity index (χ2v) is 4.67. The average Bonchev–Trinajstić information content (AvgIpc) is 2.28. The van der Waals surface area contributed by atoms with Gasteiger partial charge in [-0.25, -0.2) is 0 Å². The number of ether oxygens (including phenoxy) is 1. The highest BCUT2D eigenvalue weighted by Gasteiger charge is 2.36. The zero-order valence-corrected chi connectivity index (χ0v) is 10.3. The summed E-state index contributed by atoms with van der Waals surface area (Å²) in [6.45, 7) is 3.72. The molecule has 0 aromatic carbocycles. The highest BCUT2D eigenvalue weighted by Crippen LogP contribution is 2.40. The predicted octanol–water partition coefficient (Wildman–Crippen LogP) is 2.65. The highest BCUT2D eigenvalue weighted by atomic mass is 16.5. The molecule has 1 unspecified atom stereocenters. The normalized spacial score (nSPS) is 24.8. The third kappa shape index (κ3) is 2.94. The van der Waals surface area contributed by atoms with Gasteiger partial charge in [0, 0.05) is 11.8 Å². The summed E-state index contributed by atoms with van der Waals surface area (Å²) in [5.74, 6) is -0.0351. The van der Waals surface area contributed by atoms with E-state index in [1.807, 2.05) is 0 Å². The van der Waals surface area contributed by atoms with Gasteiger partial charge in [0.25, 0.3) is 0 Å². The Kier molecular flexibility index (Phi) is 4.27. The molecule has 0 aliphatic heterocycles. The summed E-state index contributed by atoms with van der Waals surface area (Å²) in [5, 5.41) is 0. The number of methoxy groups -OCH3 is 1. The summed E-state index contributed by atoms with van der Waals surface area (Å²) in [7, 11) is 1.38. The maximum atomic E-state index is 11.7. The number of ketones is 1. The molecule has 0 fully saturated rings. The van der Waals surface area contributed by atoms with E-state index in [0.29, 0.717) is 12.8 Å². The molecule has 0 bridgehead atoms. The third-order valence-corrected chi connectivity index (χ3v) is 3.62. The van der Waals surface area contributed by atoms with Gasteiger partial charge in [-0.1, -0.05) is 11.6 Å². The van der Waals surface area contributed by atoms with Gasteiger partial charge in [-0.15, -0.1) is 0 Å². The summed E-state index contributed by atoms with van der Waals surface area (Å²) in [6.07, 6.45) is 5.66. The Morgan fingerprint density at radius 2 is 2.19 bits per heavy atom. The van der Waals surface area contributed by atoms with Crippen LogP contribution in [0.5, 0.6) is 0 Å². The molecule has 0 aromatic rings. The lowest BCUT2D eigenvalue weighted by Crippen LogP contribution is -2.31. The van der Waals surface area contributed by atoms with Crippen LogP contribution in [0.15, 0.2) is 11.6 Å². The van der Waals surface area contributed by atoms with Crippen molar-refractivity contribution in [2.24, 2.45) is 5.41 Å². The molecule has 1 rings (SSSR count). The van der Waals surface area contributed by atoms with Gasteiger partial charge in [0.1, 0.15) is 5.78 Å². The van der Waals surface area contributed by atoms with E-state index in [1.165, 1.54) is 12.7 Å². The van der Waals surface area contributed by atoms with Gasteiger partial charge in [-0.2, -0.15) is 0 Å². The van der Waals surface area contributed by atoms with Crippen molar-refractivity contribution in [3.05, 3.63) is 11.6 Å². The number of Topliss-reactive ketones (excluding diaryl/α,β-unsaturated/α-hetero) is 1. The van der Waals surface area contributed by atoms with Crippen molar-refractivity contribution in [3.8, 4) is 0 Å². The van der Waals surface area contributed by atoms with Crippen molar-refractivity contribution in [1.29, 1.82) is 0 Å². The van der Waals surface area contributed by atoms with Crippen molar-refractivity contribution >= 4 is 11.8 Å². The summed E-state index contributed by atoms with van der Waals surface area (Å²) >= 11 is 0. The Balaban J connectivity index is 2.68. The summed E-state index contributed by atoms with van der Waals surface area (Å²) in [4.78, 5) is 22.9. The van der Waals surface area contributed by atoms with Crippen LogP contribution in [0.2, 0.25) is 0 Å². The van der Waals surface area contributed by atoms with Gasteiger partial charge < -0.3 is 4.74 Å². The minimum Gasteiger partial charge on any atom is -0.469 e. The Bertz CT molecular complexity index is 317. The molecule has 3 heteroatoms. The van der Waals surface area contributed by atoms with Gasteiger partial charge in [0.2, 0.25) is 0 Å². The van der Waals surface area contributed by atoms with E-state index in [2.05, 4.69) is 17.7 Å². The smallest absolute Gasteiger partial charge is 0.305 e. The standard InChI is InChI=1S/C13H20O3/c1-10-4-7-13(8-5-10,11(2)14)9-6-12(15)16-3/h4H,5-9H2,1-3H3. The zero-order chi connectivity index (χ0) is 12.2. The molecule has 3 nitrogen and oxygen atoms in total. The van der Waals surface area contributed by atoms with Crippen LogP contribution in [0.1, 0.15) is 46.0 Å².